The van der Waals surface area contributed by atoms with Crippen LogP contribution in [0.25, 0.3) is 10.9 Å². The van der Waals surface area contributed by atoms with E-state index in [-0.39, 0.29) is 35.8 Å². The van der Waals surface area contributed by atoms with Gasteiger partial charge in [0.25, 0.3) is 5.91 Å². The number of nitrogens with one attached hydrogen (secondary N) is 4. The molecule has 1 aliphatic heterocycles. The first kappa shape index (κ1) is 26.0. The molecular formula is C26H33ClN4O5. The van der Waals surface area contributed by atoms with Crippen molar-refractivity contribution in [2.75, 3.05) is 19.5 Å². The van der Waals surface area contributed by atoms with Crippen LogP contribution < -0.4 is 20.7 Å². The van der Waals surface area contributed by atoms with Crippen molar-refractivity contribution in [3.63, 3.8) is 0 Å². The fourth-order valence-electron chi connectivity index (χ4n) is 5.29. The number of methoxy groups -OCH3 is 1. The van der Waals surface area contributed by atoms with E-state index in [0.717, 1.165) is 43.0 Å². The smallest absolute Gasteiger partial charge is 0.268 e. The van der Waals surface area contributed by atoms with Gasteiger partial charge in [-0.15, -0.1) is 11.6 Å². The lowest BCUT2D eigenvalue weighted by atomic mass is 9.83. The van der Waals surface area contributed by atoms with Crippen LogP contribution in [0, 0.1) is 11.8 Å². The van der Waals surface area contributed by atoms with E-state index >= 15 is 0 Å². The summed E-state index contributed by atoms with van der Waals surface area (Å²) in [6.07, 6.45) is 5.44. The highest BCUT2D eigenvalue weighted by Crippen LogP contribution is 2.29. The van der Waals surface area contributed by atoms with Gasteiger partial charge in [0.15, 0.2) is 5.78 Å². The number of halogens is 1. The maximum absolute atomic E-state index is 13.5. The Hall–Kier alpha value is -3.07. The molecule has 9 nitrogen and oxygen atoms in total. The lowest BCUT2D eigenvalue weighted by molar-refractivity contribution is -0.130. The second-order valence-electron chi connectivity index (χ2n) is 9.63. The highest BCUT2D eigenvalue weighted by molar-refractivity contribution is 6.28. The number of amides is 3. The van der Waals surface area contributed by atoms with Crippen LogP contribution in [-0.4, -0.2) is 60.1 Å². The number of hydrogen-bond acceptors (Lipinski definition) is 5. The Morgan fingerprint density at radius 1 is 1.14 bits per heavy atom. The zero-order valence-corrected chi connectivity index (χ0v) is 21.2. The van der Waals surface area contributed by atoms with Crippen LogP contribution >= 0.6 is 11.6 Å². The fourth-order valence-corrected chi connectivity index (χ4v) is 5.48. The predicted molar refractivity (Wildman–Crippen MR) is 136 cm³/mol. The molecule has 0 spiro atoms. The molecule has 2 fully saturated rings. The number of aromatic nitrogens is 1. The maximum Gasteiger partial charge on any atom is 0.268 e. The third-order valence-corrected chi connectivity index (χ3v) is 7.56. The van der Waals surface area contributed by atoms with E-state index in [2.05, 4.69) is 20.9 Å². The molecule has 1 aromatic carbocycles. The number of carbonyl (C=O) groups excluding carboxylic acids is 4. The van der Waals surface area contributed by atoms with Crippen molar-refractivity contribution in [2.24, 2.45) is 11.8 Å². The SMILES string of the molecule is COc1cccc2[nH]c(C(=O)N[C@H](C(=O)N[C@@H](C[C@@H]3CCNC3=O)C(=O)CCl)C3CCCCC3)cc12. The minimum atomic E-state index is -0.885. The standard InChI is InChI=1S/C26H33ClN4O5/c1-36-22-9-5-8-18-17(22)13-20(29-18)25(34)31-23(15-6-3-2-4-7-15)26(35)30-19(21(32)14-27)12-16-10-11-28-24(16)33/h5,8-9,13,15-16,19,23,29H,2-4,6-7,10-12,14H2,1H3,(H,28,33)(H,30,35)(H,31,34)/t16-,19-,23-/m0/s1. The molecule has 3 atom stereocenters. The highest BCUT2D eigenvalue weighted by atomic mass is 35.5. The summed E-state index contributed by atoms with van der Waals surface area (Å²) in [6, 6.07) is 5.50. The zero-order valence-electron chi connectivity index (χ0n) is 20.4. The Bertz CT molecular complexity index is 1130. The lowest BCUT2D eigenvalue weighted by Gasteiger charge is -2.31. The maximum atomic E-state index is 13.5. The summed E-state index contributed by atoms with van der Waals surface area (Å²) in [7, 11) is 1.57. The molecule has 0 bridgehead atoms. The Kier molecular flexibility index (Phi) is 8.51. The largest absolute Gasteiger partial charge is 0.496 e. The fraction of sp³-hybridized carbons (Fsp3) is 0.538. The van der Waals surface area contributed by atoms with Gasteiger partial charge in [-0.05, 0) is 49.8 Å². The summed E-state index contributed by atoms with van der Waals surface area (Å²) in [5.74, 6) is -1.34. The molecule has 4 N–H and O–H groups in total. The van der Waals surface area contributed by atoms with Crippen LogP contribution in [0.2, 0.25) is 0 Å². The van der Waals surface area contributed by atoms with Crippen LogP contribution in [0.1, 0.15) is 55.4 Å². The van der Waals surface area contributed by atoms with Crippen molar-refractivity contribution in [3.05, 3.63) is 30.0 Å². The van der Waals surface area contributed by atoms with Crippen LogP contribution in [0.4, 0.5) is 0 Å². The first-order valence-corrected chi connectivity index (χ1v) is 13.1. The van der Waals surface area contributed by atoms with Crippen molar-refractivity contribution < 1.29 is 23.9 Å². The number of aromatic amines is 1. The molecule has 2 aliphatic rings. The Balaban J connectivity index is 1.53. The minimum absolute atomic E-state index is 0.0526. The molecular weight excluding hydrogens is 484 g/mol. The molecule has 3 amide bonds. The van der Waals surface area contributed by atoms with Crippen molar-refractivity contribution in [1.82, 2.24) is 20.9 Å². The summed E-state index contributed by atoms with van der Waals surface area (Å²) in [5.41, 5.74) is 1.07. The van der Waals surface area contributed by atoms with Crippen molar-refractivity contribution in [3.8, 4) is 5.75 Å². The molecule has 0 radical (unpaired) electrons. The average Bonchev–Trinajstić information content (AvgIpc) is 3.52. The second-order valence-corrected chi connectivity index (χ2v) is 9.89. The number of Topliss-reactive ketones (excluding diaryl/α,β-unsaturated/α-hetero) is 1. The van der Waals surface area contributed by atoms with Gasteiger partial charge in [0.05, 0.1) is 19.0 Å². The number of carbonyl (C=O) groups is 4. The molecule has 36 heavy (non-hydrogen) atoms. The van der Waals surface area contributed by atoms with Crippen LogP contribution in [0.15, 0.2) is 24.3 Å². The third-order valence-electron chi connectivity index (χ3n) is 7.30. The topological polar surface area (TPSA) is 129 Å². The number of H-pyrrole nitrogens is 1. The minimum Gasteiger partial charge on any atom is -0.496 e. The number of alkyl halides is 1. The second kappa shape index (κ2) is 11.8. The van der Waals surface area contributed by atoms with Gasteiger partial charge in [0, 0.05) is 23.4 Å². The predicted octanol–water partition coefficient (Wildman–Crippen LogP) is 2.67. The van der Waals surface area contributed by atoms with E-state index in [4.69, 9.17) is 16.3 Å². The van der Waals surface area contributed by atoms with Crippen molar-refractivity contribution in [2.45, 2.75) is 57.0 Å². The van der Waals surface area contributed by atoms with E-state index in [1.165, 1.54) is 0 Å². The Labute approximate surface area is 215 Å². The Morgan fingerprint density at radius 3 is 2.58 bits per heavy atom. The van der Waals surface area contributed by atoms with Crippen LogP contribution in [0.5, 0.6) is 5.75 Å². The van der Waals surface area contributed by atoms with Gasteiger partial charge in [-0.1, -0.05) is 25.3 Å². The summed E-state index contributed by atoms with van der Waals surface area (Å²) < 4.78 is 5.39. The van der Waals surface area contributed by atoms with Gasteiger partial charge in [-0.2, -0.15) is 0 Å². The normalized spacial score (nSPS) is 19.9. The first-order chi connectivity index (χ1) is 17.4. The van der Waals surface area contributed by atoms with E-state index in [1.54, 1.807) is 13.2 Å². The summed E-state index contributed by atoms with van der Waals surface area (Å²) in [4.78, 5) is 54.5. The molecule has 1 saturated carbocycles. The van der Waals surface area contributed by atoms with Gasteiger partial charge < -0.3 is 25.7 Å². The highest BCUT2D eigenvalue weighted by Gasteiger charge is 2.36. The number of hydrogen-bond donors (Lipinski definition) is 4. The van der Waals surface area contributed by atoms with E-state index in [1.807, 2.05) is 18.2 Å². The van der Waals surface area contributed by atoms with Gasteiger partial charge in [-0.25, -0.2) is 0 Å². The summed E-state index contributed by atoms with van der Waals surface area (Å²) in [5, 5.41) is 9.26. The zero-order chi connectivity index (χ0) is 25.7. The van der Waals surface area contributed by atoms with Gasteiger partial charge in [-0.3, -0.25) is 19.2 Å². The number of ketones is 1. The molecule has 0 unspecified atom stereocenters. The number of fused-ring (bicyclic) bond motifs is 1. The average molecular weight is 517 g/mol. The van der Waals surface area contributed by atoms with E-state index in [9.17, 15) is 19.2 Å². The van der Waals surface area contributed by atoms with Gasteiger partial charge >= 0.3 is 0 Å². The molecule has 10 heteroatoms. The Morgan fingerprint density at radius 2 is 1.92 bits per heavy atom. The monoisotopic (exact) mass is 516 g/mol. The van der Waals surface area contributed by atoms with Crippen molar-refractivity contribution >= 4 is 46.0 Å². The molecule has 2 heterocycles. The van der Waals surface area contributed by atoms with Crippen LogP contribution in [-0.2, 0) is 14.4 Å². The molecule has 194 valence electrons. The molecule has 1 saturated heterocycles. The van der Waals surface area contributed by atoms with E-state index in [0.29, 0.717) is 24.4 Å². The third kappa shape index (κ3) is 5.83. The van der Waals surface area contributed by atoms with Gasteiger partial charge in [0.2, 0.25) is 11.8 Å². The molecule has 4 rings (SSSR count). The number of ether oxygens (including phenoxy) is 1. The van der Waals surface area contributed by atoms with Crippen LogP contribution in [0.3, 0.4) is 0 Å². The molecule has 1 aliphatic carbocycles. The van der Waals surface area contributed by atoms with Gasteiger partial charge in [0.1, 0.15) is 17.5 Å². The summed E-state index contributed by atoms with van der Waals surface area (Å²) in [6.45, 7) is 0.551. The van der Waals surface area contributed by atoms with E-state index < -0.39 is 23.9 Å². The number of benzene rings is 1. The number of rotatable bonds is 10. The first-order valence-electron chi connectivity index (χ1n) is 12.5. The quantitative estimate of drug-likeness (QED) is 0.361. The molecule has 2 aromatic rings. The summed E-state index contributed by atoms with van der Waals surface area (Å²) >= 11 is 5.82. The molecule has 1 aromatic heterocycles. The van der Waals surface area contributed by atoms with Crippen molar-refractivity contribution in [1.29, 1.82) is 0 Å². The lowest BCUT2D eigenvalue weighted by Crippen LogP contribution is -2.55.